The highest BCUT2D eigenvalue weighted by atomic mass is 79.9. The van der Waals surface area contributed by atoms with E-state index in [2.05, 4.69) is 26.2 Å². The van der Waals surface area contributed by atoms with Gasteiger partial charge in [0.1, 0.15) is 11.5 Å². The fourth-order valence-corrected chi connectivity index (χ4v) is 2.64. The number of halogens is 1. The Kier molecular flexibility index (Phi) is 3.80. The molecule has 94 valence electrons. The summed E-state index contributed by atoms with van der Waals surface area (Å²) in [5.41, 5.74) is 1.18. The topological polar surface area (TPSA) is 77.1 Å². The van der Waals surface area contributed by atoms with Crippen LogP contribution in [0.5, 0.6) is 0 Å². The zero-order chi connectivity index (χ0) is 12.4. The fourth-order valence-electron chi connectivity index (χ4n) is 2.14. The molecule has 17 heavy (non-hydrogen) atoms. The van der Waals surface area contributed by atoms with Crippen molar-refractivity contribution in [2.24, 2.45) is 11.1 Å². The van der Waals surface area contributed by atoms with Crippen LogP contribution in [-0.4, -0.2) is 36.6 Å². The summed E-state index contributed by atoms with van der Waals surface area (Å²) in [7, 11) is 3.11. The maximum atomic E-state index is 9.18. The Labute approximate surface area is 107 Å². The molecule has 0 saturated carbocycles. The summed E-state index contributed by atoms with van der Waals surface area (Å²) in [5.74, 6) is 0.574. The van der Waals surface area contributed by atoms with Crippen molar-refractivity contribution < 1.29 is 19.2 Å². The van der Waals surface area contributed by atoms with E-state index in [0.29, 0.717) is 28.1 Å². The first kappa shape index (κ1) is 12.5. The molecule has 1 aliphatic carbocycles. The molecule has 7 heteroatoms. The first-order valence-corrected chi connectivity index (χ1v) is 5.94. The SMILES string of the molecule is COC(OC)C1CCc2onc(Br)c2/C1=N/O. The number of hydrogen-bond acceptors (Lipinski definition) is 6. The highest BCUT2D eigenvalue weighted by molar-refractivity contribution is 9.10. The molecule has 0 bridgehead atoms. The summed E-state index contributed by atoms with van der Waals surface area (Å²) in [4.78, 5) is 0. The Morgan fingerprint density at radius 3 is 2.82 bits per heavy atom. The van der Waals surface area contributed by atoms with Gasteiger partial charge in [-0.25, -0.2) is 0 Å². The van der Waals surface area contributed by atoms with E-state index < -0.39 is 6.29 Å². The second-order valence-electron chi connectivity index (χ2n) is 3.74. The second-order valence-corrected chi connectivity index (χ2v) is 4.49. The first-order valence-electron chi connectivity index (χ1n) is 5.14. The summed E-state index contributed by atoms with van der Waals surface area (Å²) in [5, 5.41) is 16.3. The predicted octanol–water partition coefficient (Wildman–Crippen LogP) is 1.80. The normalized spacial score (nSPS) is 22.1. The molecule has 0 radical (unpaired) electrons. The van der Waals surface area contributed by atoms with E-state index in [4.69, 9.17) is 14.0 Å². The van der Waals surface area contributed by atoms with Crippen molar-refractivity contribution in [2.75, 3.05) is 14.2 Å². The van der Waals surface area contributed by atoms with Gasteiger partial charge in [0.25, 0.3) is 0 Å². The third kappa shape index (κ3) is 2.10. The van der Waals surface area contributed by atoms with Gasteiger partial charge in [0.05, 0.1) is 11.5 Å². The number of ether oxygens (including phenoxy) is 2. The van der Waals surface area contributed by atoms with Crippen molar-refractivity contribution in [1.29, 1.82) is 0 Å². The standard InChI is InChI=1S/C10H13BrN2O4/c1-15-10(16-2)5-3-4-6-7(8(5)12-14)9(11)13-17-6/h5,10,14H,3-4H2,1-2H3/b12-8+. The van der Waals surface area contributed by atoms with Crippen LogP contribution in [0.4, 0.5) is 0 Å². The Hall–Kier alpha value is -0.920. The predicted molar refractivity (Wildman–Crippen MR) is 62.1 cm³/mol. The van der Waals surface area contributed by atoms with Gasteiger partial charge in [-0.05, 0) is 22.4 Å². The van der Waals surface area contributed by atoms with Crippen LogP contribution in [0, 0.1) is 5.92 Å². The van der Waals surface area contributed by atoms with Gasteiger partial charge in [-0.3, -0.25) is 0 Å². The Balaban J connectivity index is 2.38. The molecule has 2 rings (SSSR count). The van der Waals surface area contributed by atoms with Gasteiger partial charge in [0, 0.05) is 20.6 Å². The zero-order valence-electron chi connectivity index (χ0n) is 9.51. The number of aryl methyl sites for hydroxylation is 1. The lowest BCUT2D eigenvalue weighted by Gasteiger charge is -2.27. The lowest BCUT2D eigenvalue weighted by atomic mass is 9.85. The van der Waals surface area contributed by atoms with Gasteiger partial charge in [-0.1, -0.05) is 10.3 Å². The molecule has 0 aromatic carbocycles. The summed E-state index contributed by atoms with van der Waals surface area (Å²) in [6, 6.07) is 0. The lowest BCUT2D eigenvalue weighted by molar-refractivity contribution is -0.123. The molecular formula is C10H13BrN2O4. The number of rotatable bonds is 3. The summed E-state index contributed by atoms with van der Waals surface area (Å²) in [6.45, 7) is 0. The molecule has 0 aliphatic heterocycles. The van der Waals surface area contributed by atoms with E-state index in [1.54, 1.807) is 14.2 Å². The Morgan fingerprint density at radius 1 is 1.53 bits per heavy atom. The highest BCUT2D eigenvalue weighted by Gasteiger charge is 2.36. The molecule has 1 aliphatic rings. The van der Waals surface area contributed by atoms with E-state index in [1.165, 1.54) is 0 Å². The second kappa shape index (κ2) is 5.16. The molecule has 1 atom stereocenters. The molecule has 1 N–H and O–H groups in total. The maximum absolute atomic E-state index is 9.18. The number of methoxy groups -OCH3 is 2. The smallest absolute Gasteiger partial charge is 0.165 e. The lowest BCUT2D eigenvalue weighted by Crippen LogP contribution is -2.35. The number of nitrogens with zero attached hydrogens (tertiary/aromatic N) is 2. The van der Waals surface area contributed by atoms with Crippen LogP contribution in [0.1, 0.15) is 17.7 Å². The van der Waals surface area contributed by atoms with Gasteiger partial charge in [0.2, 0.25) is 0 Å². The van der Waals surface area contributed by atoms with Gasteiger partial charge < -0.3 is 19.2 Å². The van der Waals surface area contributed by atoms with Gasteiger partial charge in [0.15, 0.2) is 10.9 Å². The molecule has 1 heterocycles. The van der Waals surface area contributed by atoms with E-state index in [1.807, 2.05) is 0 Å². The highest BCUT2D eigenvalue weighted by Crippen LogP contribution is 2.33. The van der Waals surface area contributed by atoms with Crippen LogP contribution in [0.25, 0.3) is 0 Å². The average Bonchev–Trinajstić information content (AvgIpc) is 2.73. The monoisotopic (exact) mass is 304 g/mol. The van der Waals surface area contributed by atoms with Crippen molar-refractivity contribution in [1.82, 2.24) is 5.16 Å². The number of hydrogen-bond donors (Lipinski definition) is 1. The molecule has 0 spiro atoms. The summed E-state index contributed by atoms with van der Waals surface area (Å²) < 4.78 is 16.1. The van der Waals surface area contributed by atoms with Crippen LogP contribution in [0.15, 0.2) is 14.3 Å². The van der Waals surface area contributed by atoms with Crippen LogP contribution in [-0.2, 0) is 15.9 Å². The van der Waals surface area contributed by atoms with Crippen molar-refractivity contribution in [2.45, 2.75) is 19.1 Å². The Bertz CT molecular complexity index is 428. The van der Waals surface area contributed by atoms with E-state index in [0.717, 1.165) is 6.42 Å². The van der Waals surface area contributed by atoms with Crippen LogP contribution in [0.2, 0.25) is 0 Å². The molecule has 0 amide bonds. The fraction of sp³-hybridized carbons (Fsp3) is 0.600. The molecular weight excluding hydrogens is 292 g/mol. The van der Waals surface area contributed by atoms with Crippen LogP contribution < -0.4 is 0 Å². The van der Waals surface area contributed by atoms with Gasteiger partial charge in [-0.15, -0.1) is 0 Å². The van der Waals surface area contributed by atoms with E-state index in [-0.39, 0.29) is 5.92 Å². The van der Waals surface area contributed by atoms with Crippen molar-refractivity contribution in [3.63, 3.8) is 0 Å². The molecule has 1 unspecified atom stereocenters. The largest absolute Gasteiger partial charge is 0.411 e. The average molecular weight is 305 g/mol. The zero-order valence-corrected chi connectivity index (χ0v) is 11.1. The number of aromatic nitrogens is 1. The van der Waals surface area contributed by atoms with Crippen molar-refractivity contribution >= 4 is 21.6 Å². The van der Waals surface area contributed by atoms with E-state index >= 15 is 0 Å². The molecule has 0 fully saturated rings. The maximum Gasteiger partial charge on any atom is 0.165 e. The van der Waals surface area contributed by atoms with Gasteiger partial charge in [-0.2, -0.15) is 0 Å². The number of fused-ring (bicyclic) bond motifs is 1. The van der Waals surface area contributed by atoms with Crippen molar-refractivity contribution in [3.05, 3.63) is 15.9 Å². The molecule has 6 nitrogen and oxygen atoms in total. The van der Waals surface area contributed by atoms with E-state index in [9.17, 15) is 5.21 Å². The Morgan fingerprint density at radius 2 is 2.24 bits per heavy atom. The van der Waals surface area contributed by atoms with Crippen molar-refractivity contribution in [3.8, 4) is 0 Å². The van der Waals surface area contributed by atoms with Crippen LogP contribution in [0.3, 0.4) is 0 Å². The molecule has 1 aromatic heterocycles. The third-order valence-electron chi connectivity index (χ3n) is 2.91. The molecule has 0 saturated heterocycles. The third-order valence-corrected chi connectivity index (χ3v) is 3.45. The minimum atomic E-state index is -0.448. The van der Waals surface area contributed by atoms with Gasteiger partial charge >= 0.3 is 0 Å². The first-order chi connectivity index (χ1) is 8.22. The summed E-state index contributed by atoms with van der Waals surface area (Å²) >= 11 is 3.28. The quantitative estimate of drug-likeness (QED) is 0.523. The summed E-state index contributed by atoms with van der Waals surface area (Å²) in [6.07, 6.45) is 0.983. The van der Waals surface area contributed by atoms with Crippen LogP contribution >= 0.6 is 15.9 Å². The molecule has 1 aromatic rings. The number of oxime groups is 1. The minimum Gasteiger partial charge on any atom is -0.411 e. The minimum absolute atomic E-state index is 0.141.